The van der Waals surface area contributed by atoms with Gasteiger partial charge in [0.2, 0.25) is 10.0 Å². The van der Waals surface area contributed by atoms with Gasteiger partial charge < -0.3 is 4.74 Å². The van der Waals surface area contributed by atoms with Gasteiger partial charge in [0, 0.05) is 37.0 Å². The third-order valence-electron chi connectivity index (χ3n) is 7.63. The molecule has 0 spiro atoms. The van der Waals surface area contributed by atoms with Crippen molar-refractivity contribution in [1.29, 1.82) is 0 Å². The van der Waals surface area contributed by atoms with Crippen molar-refractivity contribution in [2.75, 3.05) is 30.7 Å². The van der Waals surface area contributed by atoms with Gasteiger partial charge in [0.25, 0.3) is 0 Å². The Morgan fingerprint density at radius 2 is 2.03 bits per heavy atom. The average Bonchev–Trinajstić information content (AvgIpc) is 2.85. The van der Waals surface area contributed by atoms with Gasteiger partial charge in [-0.15, -0.1) is 0 Å². The van der Waals surface area contributed by atoms with Gasteiger partial charge in [-0.05, 0) is 73.0 Å². The Kier molecular flexibility index (Phi) is 6.60. The van der Waals surface area contributed by atoms with Crippen LogP contribution in [0.15, 0.2) is 60.8 Å². The molecule has 2 bridgehead atoms. The van der Waals surface area contributed by atoms with E-state index < -0.39 is 10.0 Å². The number of sulfonamides is 1. The molecule has 1 aromatic heterocycles. The van der Waals surface area contributed by atoms with E-state index in [4.69, 9.17) is 4.74 Å². The normalized spacial score (nSPS) is 23.1. The number of aromatic nitrogens is 1. The predicted octanol–water partition coefficient (Wildman–Crippen LogP) is 4.71. The highest BCUT2D eigenvalue weighted by Gasteiger charge is 2.43. The lowest BCUT2D eigenvalue weighted by molar-refractivity contribution is 0.0462. The summed E-state index contributed by atoms with van der Waals surface area (Å²) in [5.74, 6) is -0.0421. The average molecular weight is 480 g/mol. The minimum atomic E-state index is -3.42. The van der Waals surface area contributed by atoms with Crippen LogP contribution in [0, 0.1) is 0 Å². The van der Waals surface area contributed by atoms with Gasteiger partial charge >= 0.3 is 0 Å². The summed E-state index contributed by atoms with van der Waals surface area (Å²) < 4.78 is 32.4. The highest BCUT2D eigenvalue weighted by atomic mass is 32.2. The van der Waals surface area contributed by atoms with E-state index in [0.29, 0.717) is 11.7 Å². The van der Waals surface area contributed by atoms with Crippen LogP contribution in [-0.4, -0.2) is 50.4 Å². The van der Waals surface area contributed by atoms with E-state index in [2.05, 4.69) is 51.0 Å². The zero-order chi connectivity index (χ0) is 23.6. The topological polar surface area (TPSA) is 71.5 Å². The van der Waals surface area contributed by atoms with Crippen molar-refractivity contribution in [1.82, 2.24) is 9.88 Å². The number of pyridine rings is 1. The van der Waals surface area contributed by atoms with E-state index >= 15 is 0 Å². The maximum Gasteiger partial charge on any atom is 0.234 e. The highest BCUT2D eigenvalue weighted by Crippen LogP contribution is 2.47. The Labute approximate surface area is 202 Å². The SMILES string of the molecule is COCCS(=O)(=O)Nc1cccc(C23CCCC(C2)N(Cc2ccnc4ccccc24)CC3)c1. The van der Waals surface area contributed by atoms with E-state index in [1.807, 2.05) is 24.4 Å². The molecule has 2 atom stereocenters. The molecule has 2 aliphatic rings. The maximum absolute atomic E-state index is 12.4. The summed E-state index contributed by atoms with van der Waals surface area (Å²) in [6.07, 6.45) is 7.71. The van der Waals surface area contributed by atoms with Crippen LogP contribution < -0.4 is 4.72 Å². The van der Waals surface area contributed by atoms with Gasteiger partial charge in [-0.25, -0.2) is 8.42 Å². The molecule has 1 aliphatic heterocycles. The summed E-state index contributed by atoms with van der Waals surface area (Å²) in [6, 6.07) is 19.1. The molecule has 0 amide bonds. The van der Waals surface area contributed by atoms with Crippen molar-refractivity contribution in [3.8, 4) is 0 Å². The van der Waals surface area contributed by atoms with Crippen LogP contribution in [0.25, 0.3) is 10.9 Å². The van der Waals surface area contributed by atoms with E-state index in [-0.39, 0.29) is 17.8 Å². The van der Waals surface area contributed by atoms with Crippen molar-refractivity contribution in [3.05, 3.63) is 71.9 Å². The quantitative estimate of drug-likeness (QED) is 0.507. The molecule has 1 saturated carbocycles. The second kappa shape index (κ2) is 9.64. The Balaban J connectivity index is 1.34. The second-order valence-electron chi connectivity index (χ2n) is 9.73. The first-order valence-corrected chi connectivity index (χ1v) is 13.8. The molecule has 1 N–H and O–H groups in total. The van der Waals surface area contributed by atoms with Crippen LogP contribution >= 0.6 is 0 Å². The molecule has 1 aliphatic carbocycles. The molecule has 6 nitrogen and oxygen atoms in total. The summed E-state index contributed by atoms with van der Waals surface area (Å²) >= 11 is 0. The number of piperidine rings is 1. The first kappa shape index (κ1) is 23.3. The predicted molar refractivity (Wildman–Crippen MR) is 136 cm³/mol. The first-order valence-electron chi connectivity index (χ1n) is 12.1. The summed E-state index contributed by atoms with van der Waals surface area (Å²) in [7, 11) is -1.91. The zero-order valence-corrected chi connectivity index (χ0v) is 20.6. The molecular formula is C27H33N3O3S. The van der Waals surface area contributed by atoms with Crippen molar-refractivity contribution in [3.63, 3.8) is 0 Å². The molecule has 2 unspecified atom stereocenters. The molecule has 3 aromatic rings. The number of fused-ring (bicyclic) bond motifs is 3. The maximum atomic E-state index is 12.4. The number of rotatable bonds is 8. The monoisotopic (exact) mass is 479 g/mol. The summed E-state index contributed by atoms with van der Waals surface area (Å²) in [6.45, 7) is 2.18. The second-order valence-corrected chi connectivity index (χ2v) is 11.6. The van der Waals surface area contributed by atoms with Gasteiger partial charge in [-0.2, -0.15) is 0 Å². The van der Waals surface area contributed by atoms with Crippen LogP contribution in [0.3, 0.4) is 0 Å². The smallest absolute Gasteiger partial charge is 0.234 e. The zero-order valence-electron chi connectivity index (χ0n) is 19.7. The van der Waals surface area contributed by atoms with Gasteiger partial charge in [0.15, 0.2) is 0 Å². The Morgan fingerprint density at radius 3 is 2.91 bits per heavy atom. The third kappa shape index (κ3) is 4.83. The lowest BCUT2D eigenvalue weighted by Crippen LogP contribution is -2.51. The van der Waals surface area contributed by atoms with Gasteiger partial charge in [0.05, 0.1) is 17.9 Å². The minimum absolute atomic E-state index is 0.0421. The Bertz CT molecular complexity index is 1260. The van der Waals surface area contributed by atoms with Crippen LogP contribution in [-0.2, 0) is 26.7 Å². The number of para-hydroxylation sites is 1. The largest absolute Gasteiger partial charge is 0.384 e. The molecule has 0 radical (unpaired) electrons. The van der Waals surface area contributed by atoms with E-state index in [9.17, 15) is 8.42 Å². The van der Waals surface area contributed by atoms with Crippen molar-refractivity contribution >= 4 is 26.6 Å². The number of likely N-dealkylation sites (tertiary alicyclic amines) is 1. The molecule has 2 aromatic carbocycles. The number of hydrogen-bond acceptors (Lipinski definition) is 5. The first-order chi connectivity index (χ1) is 16.5. The molecule has 2 fully saturated rings. The standard InChI is InChI=1S/C27H33N3O3S/c1-33-16-17-34(31,32)29-23-7-4-6-22(18-23)27-12-5-8-24(19-27)30(15-13-27)20-21-11-14-28-26-10-3-2-9-25(21)26/h2-4,6-7,9-11,14,18,24,29H,5,8,12-13,15-17,19-20H2,1H3. The summed E-state index contributed by atoms with van der Waals surface area (Å²) in [5.41, 5.74) is 4.43. The number of hydrogen-bond donors (Lipinski definition) is 1. The number of nitrogens with zero attached hydrogens (tertiary/aromatic N) is 2. The third-order valence-corrected chi connectivity index (χ3v) is 8.88. The summed E-state index contributed by atoms with van der Waals surface area (Å²) in [4.78, 5) is 7.17. The molecule has 5 rings (SSSR count). The van der Waals surface area contributed by atoms with Crippen LogP contribution in [0.4, 0.5) is 5.69 Å². The number of anilines is 1. The lowest BCUT2D eigenvalue weighted by Gasteiger charge is -2.51. The molecule has 180 valence electrons. The molecule has 34 heavy (non-hydrogen) atoms. The number of methoxy groups -OCH3 is 1. The number of nitrogens with one attached hydrogen (secondary N) is 1. The van der Waals surface area contributed by atoms with E-state index in [0.717, 1.165) is 37.9 Å². The molecule has 7 heteroatoms. The minimum Gasteiger partial charge on any atom is -0.384 e. The fraction of sp³-hybridized carbons (Fsp3) is 0.444. The lowest BCUT2D eigenvalue weighted by atomic mass is 9.63. The van der Waals surface area contributed by atoms with Gasteiger partial charge in [-0.1, -0.05) is 36.8 Å². The van der Waals surface area contributed by atoms with Crippen molar-refractivity contribution < 1.29 is 13.2 Å². The fourth-order valence-electron chi connectivity index (χ4n) is 5.87. The Hall–Kier alpha value is -2.48. The van der Waals surface area contributed by atoms with Crippen molar-refractivity contribution in [2.45, 2.75) is 50.1 Å². The number of benzene rings is 2. The summed E-state index contributed by atoms with van der Waals surface area (Å²) in [5, 5.41) is 1.24. The number of ether oxygens (including phenoxy) is 1. The van der Waals surface area contributed by atoms with E-state index in [1.165, 1.54) is 36.5 Å². The highest BCUT2D eigenvalue weighted by molar-refractivity contribution is 7.92. The molecular weight excluding hydrogens is 446 g/mol. The fourth-order valence-corrected chi connectivity index (χ4v) is 6.85. The van der Waals surface area contributed by atoms with Crippen LogP contribution in [0.2, 0.25) is 0 Å². The van der Waals surface area contributed by atoms with Crippen molar-refractivity contribution in [2.24, 2.45) is 0 Å². The molecule has 2 heterocycles. The van der Waals surface area contributed by atoms with Crippen LogP contribution in [0.5, 0.6) is 0 Å². The van der Waals surface area contributed by atoms with Crippen LogP contribution in [0.1, 0.15) is 43.2 Å². The van der Waals surface area contributed by atoms with E-state index in [1.54, 1.807) is 0 Å². The molecule has 1 saturated heterocycles. The van der Waals surface area contributed by atoms with Gasteiger partial charge in [0.1, 0.15) is 0 Å². The Morgan fingerprint density at radius 1 is 1.15 bits per heavy atom. The van der Waals surface area contributed by atoms with Gasteiger partial charge in [-0.3, -0.25) is 14.6 Å².